The zero-order chi connectivity index (χ0) is 24.4. The Hall–Kier alpha value is -3.58. The number of nitrogens with zero attached hydrogens (tertiary/aromatic N) is 3. The van der Waals surface area contributed by atoms with E-state index in [1.807, 2.05) is 61.7 Å². The number of anilines is 1. The van der Waals surface area contributed by atoms with Crippen molar-refractivity contribution in [2.45, 2.75) is 33.6 Å². The Morgan fingerprint density at radius 3 is 2.56 bits per heavy atom. The van der Waals surface area contributed by atoms with E-state index in [1.165, 1.54) is 0 Å². The van der Waals surface area contributed by atoms with Gasteiger partial charge in [-0.15, -0.1) is 0 Å². The fraction of sp³-hybridized carbons (Fsp3) is 0.269. The number of benzene rings is 2. The smallest absolute Gasteiger partial charge is 0.224 e. The molecule has 0 spiro atoms. The molecule has 0 aliphatic heterocycles. The maximum atomic E-state index is 12.6. The van der Waals surface area contributed by atoms with E-state index in [1.54, 1.807) is 20.3 Å². The number of hydrogen-bond acceptors (Lipinski definition) is 5. The second kappa shape index (κ2) is 9.73. The van der Waals surface area contributed by atoms with Gasteiger partial charge >= 0.3 is 0 Å². The van der Waals surface area contributed by atoms with E-state index < -0.39 is 0 Å². The number of carbonyl (C=O) groups excluding carboxylic acids is 1. The first-order valence-corrected chi connectivity index (χ1v) is 11.3. The second-order valence-electron chi connectivity index (χ2n) is 8.14. The normalized spacial score (nSPS) is 11.0. The van der Waals surface area contributed by atoms with Crippen molar-refractivity contribution in [3.05, 3.63) is 70.0 Å². The van der Waals surface area contributed by atoms with Gasteiger partial charge in [0, 0.05) is 46.2 Å². The minimum absolute atomic E-state index is 0.0806. The molecule has 0 saturated heterocycles. The lowest BCUT2D eigenvalue weighted by Crippen LogP contribution is -2.14. The monoisotopic (exact) mass is 478 g/mol. The van der Waals surface area contributed by atoms with Gasteiger partial charge in [0.2, 0.25) is 5.91 Å². The summed E-state index contributed by atoms with van der Waals surface area (Å²) in [7, 11) is 3.24. The van der Waals surface area contributed by atoms with Crippen LogP contribution in [0.5, 0.6) is 11.5 Å². The average Bonchev–Trinajstić information content (AvgIpc) is 3.24. The molecule has 0 aliphatic carbocycles. The summed E-state index contributed by atoms with van der Waals surface area (Å²) in [5.74, 6) is 1.30. The topological polar surface area (TPSA) is 77.8 Å². The lowest BCUT2D eigenvalue weighted by molar-refractivity contribution is -0.116. The highest BCUT2D eigenvalue weighted by molar-refractivity contribution is 6.31. The fourth-order valence-electron chi connectivity index (χ4n) is 3.96. The molecular weight excluding hydrogens is 452 g/mol. The first kappa shape index (κ1) is 23.6. The number of halogens is 1. The number of fused-ring (bicyclic) bond motifs is 1. The van der Waals surface area contributed by atoms with Crippen LogP contribution in [0.3, 0.4) is 0 Å². The molecule has 4 aromatic rings. The molecule has 0 saturated carbocycles. The molecule has 2 heterocycles. The molecule has 8 heteroatoms. The molecule has 34 heavy (non-hydrogen) atoms. The van der Waals surface area contributed by atoms with Gasteiger partial charge in [-0.1, -0.05) is 17.7 Å². The van der Waals surface area contributed by atoms with E-state index in [-0.39, 0.29) is 5.91 Å². The Bertz CT molecular complexity index is 1380. The van der Waals surface area contributed by atoms with Gasteiger partial charge < -0.3 is 14.8 Å². The van der Waals surface area contributed by atoms with Crippen LogP contribution in [0.2, 0.25) is 5.02 Å². The number of carbonyl (C=O) groups is 1. The molecule has 2 aromatic heterocycles. The molecule has 0 unspecified atom stereocenters. The Morgan fingerprint density at radius 1 is 1.06 bits per heavy atom. The number of aromatic nitrogens is 3. The van der Waals surface area contributed by atoms with E-state index in [4.69, 9.17) is 31.2 Å². The standard InChI is InChI=1S/C26H27ClN4O3/c1-15-6-7-18(12-22(15)27)29-26(32)11-10-20-16(2)28-25-14-23(30-31(25)17(20)3)21-9-8-19(33-4)13-24(21)34-5/h6-9,12-14H,10-11H2,1-5H3,(H,29,32). The summed E-state index contributed by atoms with van der Waals surface area (Å²) in [6, 6.07) is 13.1. The van der Waals surface area contributed by atoms with E-state index in [0.29, 0.717) is 35.1 Å². The predicted molar refractivity (Wildman–Crippen MR) is 134 cm³/mol. The third-order valence-electron chi connectivity index (χ3n) is 5.91. The first-order valence-electron chi connectivity index (χ1n) is 10.9. The molecule has 0 bridgehead atoms. The number of hydrogen-bond donors (Lipinski definition) is 1. The number of methoxy groups -OCH3 is 2. The van der Waals surface area contributed by atoms with Crippen LogP contribution in [0.4, 0.5) is 5.69 Å². The van der Waals surface area contributed by atoms with Crippen LogP contribution in [0.1, 0.15) is 28.9 Å². The quantitative estimate of drug-likeness (QED) is 0.376. The van der Waals surface area contributed by atoms with Crippen LogP contribution in [0, 0.1) is 20.8 Å². The zero-order valence-corrected chi connectivity index (χ0v) is 20.7. The van der Waals surface area contributed by atoms with E-state index in [2.05, 4.69) is 5.32 Å². The summed E-state index contributed by atoms with van der Waals surface area (Å²) in [5.41, 5.74) is 6.83. The molecule has 2 aromatic carbocycles. The summed E-state index contributed by atoms with van der Waals surface area (Å²) in [5, 5.41) is 8.32. The van der Waals surface area contributed by atoms with Crippen LogP contribution in [-0.4, -0.2) is 34.7 Å². The number of ether oxygens (including phenoxy) is 2. The van der Waals surface area contributed by atoms with Gasteiger partial charge in [0.25, 0.3) is 0 Å². The molecule has 0 fully saturated rings. The van der Waals surface area contributed by atoms with Crippen molar-refractivity contribution in [3.63, 3.8) is 0 Å². The van der Waals surface area contributed by atoms with Gasteiger partial charge in [-0.25, -0.2) is 9.50 Å². The van der Waals surface area contributed by atoms with Gasteiger partial charge in [0.15, 0.2) is 5.65 Å². The third-order valence-corrected chi connectivity index (χ3v) is 6.31. The van der Waals surface area contributed by atoms with Crippen LogP contribution in [-0.2, 0) is 11.2 Å². The van der Waals surface area contributed by atoms with Gasteiger partial charge in [0.1, 0.15) is 11.5 Å². The summed E-state index contributed by atoms with van der Waals surface area (Å²) < 4.78 is 12.7. The van der Waals surface area contributed by atoms with Crippen molar-refractivity contribution in [1.82, 2.24) is 14.6 Å². The van der Waals surface area contributed by atoms with E-state index in [9.17, 15) is 4.79 Å². The van der Waals surface area contributed by atoms with E-state index >= 15 is 0 Å². The van der Waals surface area contributed by atoms with Crippen molar-refractivity contribution in [3.8, 4) is 22.8 Å². The summed E-state index contributed by atoms with van der Waals surface area (Å²) in [4.78, 5) is 17.3. The number of rotatable bonds is 7. The first-order chi connectivity index (χ1) is 16.3. The lowest BCUT2D eigenvalue weighted by atomic mass is 10.1. The highest BCUT2D eigenvalue weighted by Crippen LogP contribution is 2.33. The van der Waals surface area contributed by atoms with Crippen molar-refractivity contribution in [2.24, 2.45) is 0 Å². The lowest BCUT2D eigenvalue weighted by Gasteiger charge is -2.11. The van der Waals surface area contributed by atoms with Crippen LogP contribution in [0.25, 0.3) is 16.9 Å². The van der Waals surface area contributed by atoms with Gasteiger partial charge in [-0.05, 0) is 62.6 Å². The largest absolute Gasteiger partial charge is 0.497 e. The van der Waals surface area contributed by atoms with Crippen molar-refractivity contribution < 1.29 is 14.3 Å². The molecule has 1 N–H and O–H groups in total. The molecule has 0 radical (unpaired) electrons. The average molecular weight is 479 g/mol. The maximum Gasteiger partial charge on any atom is 0.224 e. The summed E-state index contributed by atoms with van der Waals surface area (Å²) in [6.45, 7) is 5.88. The Morgan fingerprint density at radius 2 is 1.85 bits per heavy atom. The molecule has 1 amide bonds. The van der Waals surface area contributed by atoms with Crippen LogP contribution >= 0.6 is 11.6 Å². The minimum atomic E-state index is -0.0806. The van der Waals surface area contributed by atoms with Crippen molar-refractivity contribution in [1.29, 1.82) is 0 Å². The summed E-state index contributed by atoms with van der Waals surface area (Å²) in [6.07, 6.45) is 0.869. The highest BCUT2D eigenvalue weighted by Gasteiger charge is 2.17. The molecule has 7 nitrogen and oxygen atoms in total. The Balaban J connectivity index is 1.57. The van der Waals surface area contributed by atoms with Crippen LogP contribution in [0.15, 0.2) is 42.5 Å². The number of aryl methyl sites for hydroxylation is 3. The van der Waals surface area contributed by atoms with Crippen molar-refractivity contribution in [2.75, 3.05) is 19.5 Å². The molecule has 0 atom stereocenters. The summed E-state index contributed by atoms with van der Waals surface area (Å²) >= 11 is 6.16. The number of amides is 1. The van der Waals surface area contributed by atoms with Crippen LogP contribution < -0.4 is 14.8 Å². The Labute approximate surface area is 203 Å². The molecular formula is C26H27ClN4O3. The highest BCUT2D eigenvalue weighted by atomic mass is 35.5. The Kier molecular flexibility index (Phi) is 6.75. The van der Waals surface area contributed by atoms with Gasteiger partial charge in [0.05, 0.1) is 19.9 Å². The van der Waals surface area contributed by atoms with E-state index in [0.717, 1.165) is 39.4 Å². The van der Waals surface area contributed by atoms with Gasteiger partial charge in [-0.2, -0.15) is 5.10 Å². The second-order valence-corrected chi connectivity index (χ2v) is 8.55. The number of nitrogens with one attached hydrogen (secondary N) is 1. The minimum Gasteiger partial charge on any atom is -0.497 e. The SMILES string of the molecule is COc1ccc(-c2cc3nc(C)c(CCC(=O)Nc4ccc(C)c(Cl)c4)c(C)n3n2)c(OC)c1. The van der Waals surface area contributed by atoms with Gasteiger partial charge in [-0.3, -0.25) is 4.79 Å². The zero-order valence-electron chi connectivity index (χ0n) is 19.9. The third kappa shape index (κ3) is 4.70. The van der Waals surface area contributed by atoms with Crippen molar-refractivity contribution >= 4 is 28.8 Å². The molecule has 4 rings (SSSR count). The molecule has 0 aliphatic rings. The predicted octanol–water partition coefficient (Wildman–Crippen LogP) is 5.56. The maximum absolute atomic E-state index is 12.6. The molecule has 176 valence electrons. The fourth-order valence-corrected chi connectivity index (χ4v) is 4.14.